The van der Waals surface area contributed by atoms with E-state index in [0.717, 1.165) is 42.7 Å². The lowest BCUT2D eigenvalue weighted by atomic mass is 10.2. The van der Waals surface area contributed by atoms with Crippen molar-refractivity contribution in [2.75, 3.05) is 19.7 Å². The van der Waals surface area contributed by atoms with E-state index in [1.807, 2.05) is 32.9 Å². The Hall–Kier alpha value is -2.50. The van der Waals surface area contributed by atoms with E-state index in [1.165, 1.54) is 5.56 Å². The van der Waals surface area contributed by atoms with E-state index >= 15 is 0 Å². The molecule has 0 saturated heterocycles. The molecule has 0 saturated carbocycles. The molecule has 1 heterocycles. The summed E-state index contributed by atoms with van der Waals surface area (Å²) >= 11 is 0. The molecule has 6 nitrogen and oxygen atoms in total. The lowest BCUT2D eigenvalue weighted by Gasteiger charge is -2.11. The van der Waals surface area contributed by atoms with Crippen molar-refractivity contribution in [2.24, 2.45) is 4.99 Å². The predicted molar refractivity (Wildman–Crippen MR) is 100 cm³/mol. The average Bonchev–Trinajstić information content (AvgIpc) is 2.92. The summed E-state index contributed by atoms with van der Waals surface area (Å²) in [6, 6.07) is 8.09. The third kappa shape index (κ3) is 6.49. The minimum absolute atomic E-state index is 0.421. The molecule has 6 heteroatoms. The Morgan fingerprint density at radius 1 is 1.16 bits per heavy atom. The molecular formula is C19H28N4O2. The molecule has 2 rings (SSSR count). The van der Waals surface area contributed by atoms with Crippen LogP contribution in [-0.4, -0.2) is 30.6 Å². The van der Waals surface area contributed by atoms with E-state index in [9.17, 15) is 0 Å². The van der Waals surface area contributed by atoms with Crippen LogP contribution in [-0.2, 0) is 6.54 Å². The highest BCUT2D eigenvalue weighted by atomic mass is 16.5. The van der Waals surface area contributed by atoms with Crippen LogP contribution in [0.4, 0.5) is 0 Å². The Labute approximate surface area is 149 Å². The number of hydrogen-bond donors (Lipinski definition) is 2. The van der Waals surface area contributed by atoms with Gasteiger partial charge < -0.3 is 19.8 Å². The second-order valence-electron chi connectivity index (χ2n) is 5.89. The summed E-state index contributed by atoms with van der Waals surface area (Å²) in [6.07, 6.45) is 0.884. The Balaban J connectivity index is 1.73. The zero-order chi connectivity index (χ0) is 18.1. The maximum Gasteiger partial charge on any atom is 0.216 e. The number of nitrogens with zero attached hydrogens (tertiary/aromatic N) is 2. The van der Waals surface area contributed by atoms with E-state index in [2.05, 4.69) is 39.7 Å². The van der Waals surface area contributed by atoms with Gasteiger partial charge in [0.05, 0.1) is 12.3 Å². The molecule has 0 amide bonds. The van der Waals surface area contributed by atoms with Gasteiger partial charge in [0, 0.05) is 13.1 Å². The van der Waals surface area contributed by atoms with Crippen molar-refractivity contribution in [3.05, 3.63) is 47.2 Å². The Morgan fingerprint density at radius 3 is 2.56 bits per heavy atom. The fourth-order valence-corrected chi connectivity index (χ4v) is 2.20. The second kappa shape index (κ2) is 9.71. The van der Waals surface area contributed by atoms with Crippen molar-refractivity contribution in [2.45, 2.75) is 40.7 Å². The van der Waals surface area contributed by atoms with Gasteiger partial charge in [-0.1, -0.05) is 17.7 Å². The van der Waals surface area contributed by atoms with Crippen LogP contribution in [0.25, 0.3) is 0 Å². The van der Waals surface area contributed by atoms with Crippen LogP contribution in [0.1, 0.15) is 36.3 Å². The second-order valence-corrected chi connectivity index (χ2v) is 5.89. The summed E-state index contributed by atoms with van der Waals surface area (Å²) in [6.45, 7) is 10.6. The minimum atomic E-state index is 0.421. The van der Waals surface area contributed by atoms with Crippen LogP contribution < -0.4 is 15.4 Å². The van der Waals surface area contributed by atoms with Crippen LogP contribution in [0.15, 0.2) is 33.7 Å². The summed E-state index contributed by atoms with van der Waals surface area (Å²) in [5.41, 5.74) is 2.15. The van der Waals surface area contributed by atoms with Crippen LogP contribution >= 0.6 is 0 Å². The van der Waals surface area contributed by atoms with Gasteiger partial charge in [0.1, 0.15) is 18.1 Å². The first-order valence-electron chi connectivity index (χ1n) is 8.73. The number of aromatic nitrogens is 1. The lowest BCUT2D eigenvalue weighted by Crippen LogP contribution is -2.38. The van der Waals surface area contributed by atoms with Gasteiger partial charge in [0.2, 0.25) is 5.89 Å². The molecule has 0 atom stereocenters. The molecule has 1 aromatic heterocycles. The number of guanidine groups is 1. The molecule has 0 bridgehead atoms. The summed E-state index contributed by atoms with van der Waals surface area (Å²) in [4.78, 5) is 8.84. The number of aliphatic imine (C=N–C) groups is 1. The molecule has 136 valence electrons. The molecule has 0 aliphatic rings. The third-order valence-corrected chi connectivity index (χ3v) is 3.69. The first-order chi connectivity index (χ1) is 12.1. The highest BCUT2D eigenvalue weighted by molar-refractivity contribution is 5.79. The predicted octanol–water partition coefficient (Wildman–Crippen LogP) is 3.12. The highest BCUT2D eigenvalue weighted by Gasteiger charge is 2.05. The van der Waals surface area contributed by atoms with Gasteiger partial charge in [0.25, 0.3) is 0 Å². The molecule has 0 aliphatic carbocycles. The molecule has 2 N–H and O–H groups in total. The molecule has 0 fully saturated rings. The highest BCUT2D eigenvalue weighted by Crippen LogP contribution is 2.11. The minimum Gasteiger partial charge on any atom is -0.494 e. The first kappa shape index (κ1) is 18.8. The van der Waals surface area contributed by atoms with Gasteiger partial charge >= 0.3 is 0 Å². The fourth-order valence-electron chi connectivity index (χ4n) is 2.20. The van der Waals surface area contributed by atoms with Crippen LogP contribution in [0.3, 0.4) is 0 Å². The number of rotatable bonds is 8. The van der Waals surface area contributed by atoms with E-state index in [1.54, 1.807) is 0 Å². The number of oxazole rings is 1. The molecule has 0 unspecified atom stereocenters. The first-order valence-corrected chi connectivity index (χ1v) is 8.73. The third-order valence-electron chi connectivity index (χ3n) is 3.69. The molecule has 0 aliphatic heterocycles. The van der Waals surface area contributed by atoms with Crippen molar-refractivity contribution >= 4 is 5.96 Å². The summed E-state index contributed by atoms with van der Waals surface area (Å²) in [5, 5.41) is 6.51. The molecule has 2 aromatic rings. The molecule has 25 heavy (non-hydrogen) atoms. The number of hydrogen-bond acceptors (Lipinski definition) is 4. The number of ether oxygens (including phenoxy) is 1. The zero-order valence-electron chi connectivity index (χ0n) is 15.6. The van der Waals surface area contributed by atoms with E-state index in [-0.39, 0.29) is 0 Å². The van der Waals surface area contributed by atoms with E-state index in [0.29, 0.717) is 19.0 Å². The Kier molecular flexibility index (Phi) is 7.32. The standard InChI is InChI=1S/C19H28N4O2/c1-5-20-19(22-13-18-23-15(3)16(4)25-18)21-11-6-12-24-17-9-7-14(2)8-10-17/h7-10H,5-6,11-13H2,1-4H3,(H2,20,21,22). The average molecular weight is 344 g/mol. The SMILES string of the molecule is CCNC(=NCc1nc(C)c(C)o1)NCCCOc1ccc(C)cc1. The maximum atomic E-state index is 5.72. The van der Waals surface area contributed by atoms with Crippen LogP contribution in [0.5, 0.6) is 5.75 Å². The normalized spacial score (nSPS) is 11.4. The van der Waals surface area contributed by atoms with Gasteiger partial charge in [-0.15, -0.1) is 0 Å². The topological polar surface area (TPSA) is 71.7 Å². The van der Waals surface area contributed by atoms with E-state index < -0.39 is 0 Å². The number of aryl methyl sites for hydroxylation is 3. The summed E-state index contributed by atoms with van der Waals surface area (Å²) in [7, 11) is 0. The summed E-state index contributed by atoms with van der Waals surface area (Å²) < 4.78 is 11.3. The monoisotopic (exact) mass is 344 g/mol. The fraction of sp³-hybridized carbons (Fsp3) is 0.474. The quantitative estimate of drug-likeness (QED) is 0.437. The number of nitrogens with one attached hydrogen (secondary N) is 2. The van der Waals surface area contributed by atoms with Gasteiger partial charge in [-0.05, 0) is 46.2 Å². The molecule has 0 radical (unpaired) electrons. The zero-order valence-corrected chi connectivity index (χ0v) is 15.6. The van der Waals surface area contributed by atoms with Crippen molar-refractivity contribution in [1.82, 2.24) is 15.6 Å². The van der Waals surface area contributed by atoms with Crippen molar-refractivity contribution in [1.29, 1.82) is 0 Å². The molecular weight excluding hydrogens is 316 g/mol. The Morgan fingerprint density at radius 2 is 1.92 bits per heavy atom. The van der Waals surface area contributed by atoms with Crippen LogP contribution in [0, 0.1) is 20.8 Å². The van der Waals surface area contributed by atoms with Gasteiger partial charge in [-0.3, -0.25) is 0 Å². The molecule has 0 spiro atoms. The van der Waals surface area contributed by atoms with Gasteiger partial charge in [-0.25, -0.2) is 9.98 Å². The van der Waals surface area contributed by atoms with Crippen LogP contribution in [0.2, 0.25) is 0 Å². The van der Waals surface area contributed by atoms with Gasteiger partial charge in [-0.2, -0.15) is 0 Å². The van der Waals surface area contributed by atoms with Crippen molar-refractivity contribution in [3.63, 3.8) is 0 Å². The smallest absolute Gasteiger partial charge is 0.216 e. The Bertz CT molecular complexity index is 658. The molecule has 1 aromatic carbocycles. The maximum absolute atomic E-state index is 5.72. The van der Waals surface area contributed by atoms with Crippen molar-refractivity contribution in [3.8, 4) is 5.75 Å². The summed E-state index contributed by atoms with van der Waals surface area (Å²) in [5.74, 6) is 3.14. The van der Waals surface area contributed by atoms with E-state index in [4.69, 9.17) is 9.15 Å². The number of benzene rings is 1. The largest absolute Gasteiger partial charge is 0.494 e. The lowest BCUT2D eigenvalue weighted by molar-refractivity contribution is 0.311. The van der Waals surface area contributed by atoms with Gasteiger partial charge in [0.15, 0.2) is 5.96 Å². The van der Waals surface area contributed by atoms with Crippen molar-refractivity contribution < 1.29 is 9.15 Å².